The summed E-state index contributed by atoms with van der Waals surface area (Å²) in [6.45, 7) is 3.04. The molecule has 1 aliphatic rings. The van der Waals surface area contributed by atoms with Gasteiger partial charge in [-0.1, -0.05) is 0 Å². The van der Waals surface area contributed by atoms with Crippen molar-refractivity contribution in [1.29, 1.82) is 0 Å². The Hall–Kier alpha value is -1.69. The van der Waals surface area contributed by atoms with Gasteiger partial charge in [-0.3, -0.25) is 4.79 Å². The summed E-state index contributed by atoms with van der Waals surface area (Å²) < 4.78 is 32.1. The van der Waals surface area contributed by atoms with Gasteiger partial charge in [0, 0.05) is 18.6 Å². The van der Waals surface area contributed by atoms with E-state index in [9.17, 15) is 13.6 Å². The van der Waals surface area contributed by atoms with Gasteiger partial charge in [0.25, 0.3) is 5.91 Å². The number of hydrogen-bond acceptors (Lipinski definition) is 3. The molecule has 0 spiro atoms. The molecule has 1 saturated heterocycles. The van der Waals surface area contributed by atoms with Gasteiger partial charge in [0.15, 0.2) is 5.82 Å². The van der Waals surface area contributed by atoms with E-state index in [1.807, 2.05) is 6.92 Å². The van der Waals surface area contributed by atoms with Crippen molar-refractivity contribution in [2.45, 2.75) is 19.4 Å². The molecule has 1 heterocycles. The number of nitrogen functional groups attached to an aromatic ring is 1. The lowest BCUT2D eigenvalue weighted by Crippen LogP contribution is -2.38. The van der Waals surface area contributed by atoms with Crippen molar-refractivity contribution in [3.63, 3.8) is 0 Å². The highest BCUT2D eigenvalue weighted by Gasteiger charge is 2.25. The number of halogens is 2. The number of amides is 1. The lowest BCUT2D eigenvalue weighted by atomic mass is 10.0. The minimum absolute atomic E-state index is 0.168. The van der Waals surface area contributed by atoms with Crippen molar-refractivity contribution >= 4 is 11.6 Å². The zero-order chi connectivity index (χ0) is 14.0. The van der Waals surface area contributed by atoms with Gasteiger partial charge in [0.1, 0.15) is 5.82 Å². The molecule has 19 heavy (non-hydrogen) atoms. The van der Waals surface area contributed by atoms with Crippen molar-refractivity contribution < 1.29 is 18.3 Å². The monoisotopic (exact) mass is 270 g/mol. The number of benzene rings is 1. The van der Waals surface area contributed by atoms with E-state index in [1.165, 1.54) is 0 Å². The second-order valence-electron chi connectivity index (χ2n) is 4.74. The molecule has 2 rings (SSSR count). The predicted molar refractivity (Wildman–Crippen MR) is 66.6 cm³/mol. The van der Waals surface area contributed by atoms with Crippen LogP contribution in [-0.4, -0.2) is 25.2 Å². The summed E-state index contributed by atoms with van der Waals surface area (Å²) in [5.41, 5.74) is 4.55. The third-order valence-electron chi connectivity index (χ3n) is 3.34. The molecule has 2 unspecified atom stereocenters. The number of nitrogens with two attached hydrogens (primary N) is 1. The standard InChI is InChI=1S/C13H16F2N2O2/c1-7(8-2-3-19-6-8)17-13(18)10-4-9(14)5-11(16)12(10)15/h4-5,7-8H,2-3,6,16H2,1H3,(H,17,18). The number of anilines is 1. The van der Waals surface area contributed by atoms with Gasteiger partial charge >= 0.3 is 0 Å². The number of rotatable bonds is 3. The molecule has 1 aromatic rings. The van der Waals surface area contributed by atoms with Crippen LogP contribution in [0, 0.1) is 17.6 Å². The summed E-state index contributed by atoms with van der Waals surface area (Å²) >= 11 is 0. The highest BCUT2D eigenvalue weighted by Crippen LogP contribution is 2.20. The van der Waals surface area contributed by atoms with E-state index in [1.54, 1.807) is 0 Å². The first kappa shape index (κ1) is 13.7. The van der Waals surface area contributed by atoms with Crippen molar-refractivity contribution in [2.24, 2.45) is 5.92 Å². The van der Waals surface area contributed by atoms with E-state index >= 15 is 0 Å². The summed E-state index contributed by atoms with van der Waals surface area (Å²) in [7, 11) is 0. The Labute approximate surface area is 109 Å². The van der Waals surface area contributed by atoms with E-state index in [0.29, 0.717) is 13.2 Å². The lowest BCUT2D eigenvalue weighted by molar-refractivity contribution is 0.0917. The molecule has 0 aromatic heterocycles. The van der Waals surface area contributed by atoms with Crippen LogP contribution in [0.2, 0.25) is 0 Å². The average Bonchev–Trinajstić information content (AvgIpc) is 2.87. The topological polar surface area (TPSA) is 64.4 Å². The molecule has 1 amide bonds. The Kier molecular flexibility index (Phi) is 3.99. The molecule has 0 bridgehead atoms. The van der Waals surface area contributed by atoms with Gasteiger partial charge in [-0.25, -0.2) is 8.78 Å². The van der Waals surface area contributed by atoms with Crippen LogP contribution < -0.4 is 11.1 Å². The Morgan fingerprint density at radius 3 is 2.89 bits per heavy atom. The first-order valence-electron chi connectivity index (χ1n) is 6.12. The van der Waals surface area contributed by atoms with Gasteiger partial charge < -0.3 is 15.8 Å². The van der Waals surface area contributed by atoms with Crippen LogP contribution in [0.4, 0.5) is 14.5 Å². The van der Waals surface area contributed by atoms with Gasteiger partial charge in [0.05, 0.1) is 17.9 Å². The molecule has 0 aliphatic carbocycles. The summed E-state index contributed by atoms with van der Waals surface area (Å²) in [6.07, 6.45) is 0.842. The van der Waals surface area contributed by atoms with Crippen LogP contribution in [0.25, 0.3) is 0 Å². The van der Waals surface area contributed by atoms with E-state index in [2.05, 4.69) is 5.32 Å². The van der Waals surface area contributed by atoms with Crippen LogP contribution in [-0.2, 0) is 4.74 Å². The quantitative estimate of drug-likeness (QED) is 0.822. The first-order chi connectivity index (χ1) is 8.99. The number of carbonyl (C=O) groups excluding carboxylic acids is 1. The third kappa shape index (κ3) is 3.01. The molecule has 1 aliphatic heterocycles. The molecule has 3 N–H and O–H groups in total. The van der Waals surface area contributed by atoms with Crippen molar-refractivity contribution in [3.8, 4) is 0 Å². The fraction of sp³-hybridized carbons (Fsp3) is 0.462. The van der Waals surface area contributed by atoms with Gasteiger partial charge in [0.2, 0.25) is 0 Å². The molecule has 1 aromatic carbocycles. The van der Waals surface area contributed by atoms with Gasteiger partial charge in [-0.2, -0.15) is 0 Å². The number of ether oxygens (including phenoxy) is 1. The fourth-order valence-electron chi connectivity index (χ4n) is 2.13. The molecule has 2 atom stereocenters. The Bertz CT molecular complexity index is 488. The van der Waals surface area contributed by atoms with E-state index in [-0.39, 0.29) is 23.2 Å². The van der Waals surface area contributed by atoms with Crippen LogP contribution in [0.5, 0.6) is 0 Å². The van der Waals surface area contributed by atoms with Crippen molar-refractivity contribution in [3.05, 3.63) is 29.3 Å². The maximum Gasteiger partial charge on any atom is 0.254 e. The number of nitrogens with one attached hydrogen (secondary N) is 1. The van der Waals surface area contributed by atoms with Crippen LogP contribution in [0.1, 0.15) is 23.7 Å². The highest BCUT2D eigenvalue weighted by atomic mass is 19.1. The Morgan fingerprint density at radius 2 is 2.26 bits per heavy atom. The van der Waals surface area contributed by atoms with Gasteiger partial charge in [-0.05, 0) is 25.5 Å². The maximum absolute atomic E-state index is 13.7. The summed E-state index contributed by atoms with van der Waals surface area (Å²) in [5.74, 6) is -2.10. The molecule has 0 saturated carbocycles. The molecule has 4 nitrogen and oxygen atoms in total. The fourth-order valence-corrected chi connectivity index (χ4v) is 2.13. The Morgan fingerprint density at radius 1 is 1.53 bits per heavy atom. The second-order valence-corrected chi connectivity index (χ2v) is 4.74. The minimum Gasteiger partial charge on any atom is -0.396 e. The van der Waals surface area contributed by atoms with E-state index < -0.39 is 17.5 Å². The summed E-state index contributed by atoms with van der Waals surface area (Å²) in [5, 5.41) is 2.65. The number of hydrogen-bond donors (Lipinski definition) is 2. The first-order valence-corrected chi connectivity index (χ1v) is 6.12. The highest BCUT2D eigenvalue weighted by molar-refractivity contribution is 5.95. The van der Waals surface area contributed by atoms with Gasteiger partial charge in [-0.15, -0.1) is 0 Å². The zero-order valence-corrected chi connectivity index (χ0v) is 10.6. The smallest absolute Gasteiger partial charge is 0.254 e. The predicted octanol–water partition coefficient (Wildman–Crippen LogP) is 1.70. The third-order valence-corrected chi connectivity index (χ3v) is 3.34. The molecular formula is C13H16F2N2O2. The average molecular weight is 270 g/mol. The zero-order valence-electron chi connectivity index (χ0n) is 10.6. The molecule has 1 fully saturated rings. The molecular weight excluding hydrogens is 254 g/mol. The van der Waals surface area contributed by atoms with E-state index in [4.69, 9.17) is 10.5 Å². The minimum atomic E-state index is -0.895. The molecule has 104 valence electrons. The summed E-state index contributed by atoms with van der Waals surface area (Å²) in [6, 6.07) is 1.53. The normalized spacial score (nSPS) is 20.3. The van der Waals surface area contributed by atoms with E-state index in [0.717, 1.165) is 18.6 Å². The second kappa shape index (κ2) is 5.52. The maximum atomic E-state index is 13.7. The van der Waals surface area contributed by atoms with Crippen LogP contribution in [0.15, 0.2) is 12.1 Å². The SMILES string of the molecule is CC(NC(=O)c1cc(F)cc(N)c1F)C1CCOC1. The largest absolute Gasteiger partial charge is 0.396 e. The Balaban J connectivity index is 2.11. The van der Waals surface area contributed by atoms with Crippen LogP contribution in [0.3, 0.4) is 0 Å². The molecule has 0 radical (unpaired) electrons. The van der Waals surface area contributed by atoms with Crippen molar-refractivity contribution in [2.75, 3.05) is 18.9 Å². The number of carbonyl (C=O) groups is 1. The molecule has 6 heteroatoms. The lowest BCUT2D eigenvalue weighted by Gasteiger charge is -2.19. The van der Waals surface area contributed by atoms with Crippen LogP contribution >= 0.6 is 0 Å². The summed E-state index contributed by atoms with van der Waals surface area (Å²) in [4.78, 5) is 11.9. The van der Waals surface area contributed by atoms with Crippen molar-refractivity contribution in [1.82, 2.24) is 5.32 Å².